The molecular weight excluding hydrogens is 252 g/mol. The molecule has 102 valence electrons. The fourth-order valence-corrected chi connectivity index (χ4v) is 1.38. The first kappa shape index (κ1) is 16.7. The van der Waals surface area contributed by atoms with Gasteiger partial charge in [0.1, 0.15) is 5.75 Å². The number of nitrogens with one attached hydrogen (secondary N) is 1. The van der Waals surface area contributed by atoms with Crippen LogP contribution in [0.5, 0.6) is 5.75 Å². The van der Waals surface area contributed by atoms with Gasteiger partial charge in [-0.15, -0.1) is 12.4 Å². The maximum atomic E-state index is 11.5. The van der Waals surface area contributed by atoms with E-state index in [1.54, 1.807) is 0 Å². The van der Waals surface area contributed by atoms with Crippen molar-refractivity contribution >= 4 is 18.3 Å². The maximum Gasteiger partial charge on any atom is 0.258 e. The van der Waals surface area contributed by atoms with Crippen molar-refractivity contribution in [3.05, 3.63) is 29.3 Å². The number of ether oxygens (including phenoxy) is 1. The predicted octanol–water partition coefficient (Wildman–Crippen LogP) is 1.57. The number of aryl methyl sites for hydroxylation is 2. The van der Waals surface area contributed by atoms with Crippen molar-refractivity contribution < 1.29 is 9.53 Å². The third-order valence-electron chi connectivity index (χ3n) is 2.46. The zero-order valence-electron chi connectivity index (χ0n) is 11.0. The van der Waals surface area contributed by atoms with Gasteiger partial charge in [-0.05, 0) is 38.0 Å². The topological polar surface area (TPSA) is 64.3 Å². The summed E-state index contributed by atoms with van der Waals surface area (Å²) in [7, 11) is 0. The van der Waals surface area contributed by atoms with E-state index in [0.29, 0.717) is 6.54 Å². The van der Waals surface area contributed by atoms with Gasteiger partial charge in [0.15, 0.2) is 6.61 Å². The van der Waals surface area contributed by atoms with Gasteiger partial charge in [-0.3, -0.25) is 4.79 Å². The molecule has 0 spiro atoms. The lowest BCUT2D eigenvalue weighted by molar-refractivity contribution is -0.123. The highest BCUT2D eigenvalue weighted by Crippen LogP contribution is 2.18. The largest absolute Gasteiger partial charge is 0.483 e. The number of hydrogen-bond acceptors (Lipinski definition) is 3. The summed E-state index contributed by atoms with van der Waals surface area (Å²) < 4.78 is 5.47. The van der Waals surface area contributed by atoms with Crippen LogP contribution in [0.25, 0.3) is 0 Å². The minimum absolute atomic E-state index is 0. The van der Waals surface area contributed by atoms with E-state index in [9.17, 15) is 4.79 Å². The molecule has 4 nitrogen and oxygen atoms in total. The third kappa shape index (κ3) is 5.38. The molecule has 0 saturated heterocycles. The molecule has 1 amide bonds. The molecule has 0 saturated carbocycles. The number of amides is 1. The lowest BCUT2D eigenvalue weighted by Crippen LogP contribution is -2.40. The maximum absolute atomic E-state index is 11.5. The fraction of sp³-hybridized carbons (Fsp3) is 0.462. The lowest BCUT2D eigenvalue weighted by atomic mass is 10.1. The van der Waals surface area contributed by atoms with Gasteiger partial charge < -0.3 is 15.8 Å². The van der Waals surface area contributed by atoms with Crippen molar-refractivity contribution in [2.75, 3.05) is 13.2 Å². The summed E-state index contributed by atoms with van der Waals surface area (Å²) in [5, 5.41) is 2.74. The Balaban J connectivity index is 0.00000289. The summed E-state index contributed by atoms with van der Waals surface area (Å²) in [5.41, 5.74) is 7.55. The normalized spacial score (nSPS) is 11.3. The van der Waals surface area contributed by atoms with Crippen molar-refractivity contribution in [2.24, 2.45) is 5.73 Å². The molecule has 5 heteroatoms. The number of halogens is 1. The minimum atomic E-state index is -0.149. The van der Waals surface area contributed by atoms with E-state index in [4.69, 9.17) is 10.5 Å². The standard InChI is InChI=1S/C13H20N2O2.ClH/c1-9-4-5-10(2)12(6-9)17-8-13(16)15-11(3)7-14;/h4-6,11H,7-8,14H2,1-3H3,(H,15,16);1H/t11-;/m0./s1. The summed E-state index contributed by atoms with van der Waals surface area (Å²) >= 11 is 0. The molecule has 0 aliphatic rings. The molecule has 18 heavy (non-hydrogen) atoms. The number of hydrogen-bond donors (Lipinski definition) is 2. The van der Waals surface area contributed by atoms with Gasteiger partial charge in [-0.25, -0.2) is 0 Å². The molecule has 3 N–H and O–H groups in total. The number of carbonyl (C=O) groups is 1. The van der Waals surface area contributed by atoms with Gasteiger partial charge in [-0.1, -0.05) is 12.1 Å². The molecule has 0 radical (unpaired) electrons. The van der Waals surface area contributed by atoms with E-state index in [1.807, 2.05) is 39.0 Å². The van der Waals surface area contributed by atoms with E-state index in [1.165, 1.54) is 0 Å². The van der Waals surface area contributed by atoms with Crippen LogP contribution in [0.15, 0.2) is 18.2 Å². The van der Waals surface area contributed by atoms with Crippen LogP contribution in [-0.4, -0.2) is 25.1 Å². The van der Waals surface area contributed by atoms with Crippen LogP contribution in [0.2, 0.25) is 0 Å². The molecule has 0 aliphatic carbocycles. The number of nitrogens with two attached hydrogens (primary N) is 1. The molecule has 0 heterocycles. The van der Waals surface area contributed by atoms with Crippen molar-refractivity contribution in [3.63, 3.8) is 0 Å². The highest BCUT2D eigenvalue weighted by atomic mass is 35.5. The Kier molecular flexibility index (Phi) is 7.39. The fourth-order valence-electron chi connectivity index (χ4n) is 1.38. The van der Waals surface area contributed by atoms with E-state index < -0.39 is 0 Å². The van der Waals surface area contributed by atoms with Crippen molar-refractivity contribution in [2.45, 2.75) is 26.8 Å². The highest BCUT2D eigenvalue weighted by Gasteiger charge is 2.07. The zero-order chi connectivity index (χ0) is 12.8. The second kappa shape index (κ2) is 7.95. The molecule has 0 aromatic heterocycles. The Labute approximate surface area is 114 Å². The Bertz CT molecular complexity index is 397. The first-order chi connectivity index (χ1) is 8.02. The van der Waals surface area contributed by atoms with E-state index in [2.05, 4.69) is 5.32 Å². The Morgan fingerprint density at radius 3 is 2.72 bits per heavy atom. The van der Waals surface area contributed by atoms with Gasteiger partial charge in [0.05, 0.1) is 0 Å². The van der Waals surface area contributed by atoms with Crippen molar-refractivity contribution in [3.8, 4) is 5.75 Å². The third-order valence-corrected chi connectivity index (χ3v) is 2.46. The summed E-state index contributed by atoms with van der Waals surface area (Å²) in [6.07, 6.45) is 0. The zero-order valence-corrected chi connectivity index (χ0v) is 11.8. The number of carbonyl (C=O) groups excluding carboxylic acids is 1. The SMILES string of the molecule is Cc1ccc(C)c(OCC(=O)N[C@@H](C)CN)c1.Cl. The molecular formula is C13H21ClN2O2. The summed E-state index contributed by atoms with van der Waals surface area (Å²) in [5.74, 6) is 0.601. The van der Waals surface area contributed by atoms with Crippen LogP contribution in [0.1, 0.15) is 18.1 Å². The quantitative estimate of drug-likeness (QED) is 0.855. The second-order valence-electron chi connectivity index (χ2n) is 4.26. The lowest BCUT2D eigenvalue weighted by Gasteiger charge is -2.13. The molecule has 1 aromatic rings. The van der Waals surface area contributed by atoms with Gasteiger partial charge in [0.2, 0.25) is 0 Å². The number of benzene rings is 1. The minimum Gasteiger partial charge on any atom is -0.483 e. The summed E-state index contributed by atoms with van der Waals surface area (Å²) in [4.78, 5) is 11.5. The van der Waals surface area contributed by atoms with Crippen molar-refractivity contribution in [1.82, 2.24) is 5.32 Å². The molecule has 0 bridgehead atoms. The summed E-state index contributed by atoms with van der Waals surface area (Å²) in [6, 6.07) is 5.89. The molecule has 0 unspecified atom stereocenters. The first-order valence-electron chi connectivity index (χ1n) is 5.72. The smallest absolute Gasteiger partial charge is 0.258 e. The number of rotatable bonds is 5. The Morgan fingerprint density at radius 1 is 1.44 bits per heavy atom. The summed E-state index contributed by atoms with van der Waals surface area (Å²) in [6.45, 7) is 6.25. The highest BCUT2D eigenvalue weighted by molar-refractivity contribution is 5.85. The Morgan fingerprint density at radius 2 is 2.11 bits per heavy atom. The van der Waals surface area contributed by atoms with Gasteiger partial charge in [0, 0.05) is 12.6 Å². The monoisotopic (exact) mass is 272 g/mol. The average Bonchev–Trinajstić information content (AvgIpc) is 2.30. The first-order valence-corrected chi connectivity index (χ1v) is 5.72. The molecule has 0 fully saturated rings. The van der Waals surface area contributed by atoms with E-state index in [0.717, 1.165) is 16.9 Å². The molecule has 1 atom stereocenters. The van der Waals surface area contributed by atoms with E-state index in [-0.39, 0.29) is 31.0 Å². The van der Waals surface area contributed by atoms with Gasteiger partial charge in [-0.2, -0.15) is 0 Å². The predicted molar refractivity (Wildman–Crippen MR) is 75.3 cm³/mol. The Hall–Kier alpha value is -1.26. The molecule has 1 aromatic carbocycles. The van der Waals surface area contributed by atoms with Gasteiger partial charge in [0.25, 0.3) is 5.91 Å². The van der Waals surface area contributed by atoms with Crippen LogP contribution < -0.4 is 15.8 Å². The van der Waals surface area contributed by atoms with Crippen LogP contribution in [-0.2, 0) is 4.79 Å². The van der Waals surface area contributed by atoms with Crippen LogP contribution >= 0.6 is 12.4 Å². The van der Waals surface area contributed by atoms with Gasteiger partial charge >= 0.3 is 0 Å². The van der Waals surface area contributed by atoms with Crippen LogP contribution in [0.4, 0.5) is 0 Å². The van der Waals surface area contributed by atoms with Crippen molar-refractivity contribution in [1.29, 1.82) is 0 Å². The van der Waals surface area contributed by atoms with Crippen LogP contribution in [0, 0.1) is 13.8 Å². The average molecular weight is 273 g/mol. The van der Waals surface area contributed by atoms with E-state index >= 15 is 0 Å². The molecule has 1 rings (SSSR count). The second-order valence-corrected chi connectivity index (χ2v) is 4.26. The molecule has 0 aliphatic heterocycles. The van der Waals surface area contributed by atoms with Crippen LogP contribution in [0.3, 0.4) is 0 Å².